The average molecular weight is 540 g/mol. The summed E-state index contributed by atoms with van der Waals surface area (Å²) in [6, 6.07) is 2.08. The molecule has 1 aromatic rings. The molecule has 0 aromatic carbocycles. The van der Waals surface area contributed by atoms with E-state index < -0.39 is 0 Å². The van der Waals surface area contributed by atoms with Gasteiger partial charge in [-0.1, -0.05) is 19.1 Å². The molecule has 0 radical (unpaired) electrons. The minimum Gasteiger partial charge on any atom is -0.356 e. The van der Waals surface area contributed by atoms with Gasteiger partial charge in [0, 0.05) is 38.9 Å². The lowest BCUT2D eigenvalue weighted by molar-refractivity contribution is -0.140. The summed E-state index contributed by atoms with van der Waals surface area (Å²) in [7, 11) is 1.72. The first-order valence-electron chi connectivity index (χ1n) is 10.9. The summed E-state index contributed by atoms with van der Waals surface area (Å²) in [5.74, 6) is 1.32. The van der Waals surface area contributed by atoms with Gasteiger partial charge in [0.1, 0.15) is 0 Å². The number of rotatable bonds is 7. The van der Waals surface area contributed by atoms with Crippen molar-refractivity contribution in [1.82, 2.24) is 25.3 Å². The van der Waals surface area contributed by atoms with Crippen LogP contribution in [-0.4, -0.2) is 59.1 Å². The Morgan fingerprint density at radius 3 is 2.39 bits per heavy atom. The Morgan fingerprint density at radius 2 is 1.84 bits per heavy atom. The lowest BCUT2D eigenvalue weighted by atomic mass is 9.85. The number of carbonyl (C=O) groups excluding carboxylic acids is 2. The largest absolute Gasteiger partial charge is 0.356 e. The normalized spacial score (nSPS) is 27.5. The monoisotopic (exact) mass is 540 g/mol. The smallest absolute Gasteiger partial charge is 0.233 e. The van der Waals surface area contributed by atoms with E-state index >= 15 is 0 Å². The van der Waals surface area contributed by atoms with Gasteiger partial charge in [-0.3, -0.25) is 24.2 Å². The molecule has 2 amide bonds. The molecule has 1 saturated carbocycles. The number of allylic oxidation sites excluding steroid dienone is 2. The van der Waals surface area contributed by atoms with Gasteiger partial charge in [0.2, 0.25) is 11.8 Å². The number of aliphatic imine (C=N–C) groups is 1. The number of likely N-dealkylation sites (tertiary alicyclic amines) is 1. The minimum atomic E-state index is -0.125. The molecule has 9 heteroatoms. The van der Waals surface area contributed by atoms with Gasteiger partial charge in [-0.05, 0) is 44.1 Å². The van der Waals surface area contributed by atoms with E-state index in [0.29, 0.717) is 25.0 Å². The van der Waals surface area contributed by atoms with Crippen LogP contribution in [0.15, 0.2) is 23.2 Å². The maximum atomic E-state index is 12.7. The van der Waals surface area contributed by atoms with Crippen LogP contribution in [0.3, 0.4) is 0 Å². The Bertz CT molecular complexity index is 865. The number of hydrogen-bond acceptors (Lipinski definition) is 4. The first-order chi connectivity index (χ1) is 14.4. The van der Waals surface area contributed by atoms with E-state index in [4.69, 9.17) is 0 Å². The number of nitrogens with one attached hydrogen (secondary N) is 2. The second kappa shape index (κ2) is 9.70. The number of amides is 2. The zero-order chi connectivity index (χ0) is 21.4. The molecule has 4 rings (SSSR count). The number of guanidine groups is 1. The number of aromatic nitrogens is 2. The summed E-state index contributed by atoms with van der Waals surface area (Å²) >= 11 is 0. The van der Waals surface area contributed by atoms with Gasteiger partial charge in [0.15, 0.2) is 5.96 Å². The van der Waals surface area contributed by atoms with Crippen LogP contribution in [-0.2, 0) is 16.1 Å². The molecular formula is C22H33IN6O2. The Hall–Kier alpha value is -1.91. The molecule has 31 heavy (non-hydrogen) atoms. The van der Waals surface area contributed by atoms with Crippen molar-refractivity contribution in [2.24, 2.45) is 34.6 Å². The standard InChI is InChI=1S/C22H32N6O2.HI/c1-13(12-28-15(3)9-14(2)26-28)11-25-22(23-4)24-7-8-27-20(29)18-16-5-6-17(10-16)19(18)21(27)30;/h5-6,9,13,16-19H,7-8,10-12H2,1-4H3,(H2,23,24,25);1H. The number of hydrogen-bond donors (Lipinski definition) is 2. The predicted octanol–water partition coefficient (Wildman–Crippen LogP) is 1.73. The van der Waals surface area contributed by atoms with Crippen molar-refractivity contribution in [3.8, 4) is 0 Å². The fraction of sp³-hybridized carbons (Fsp3) is 0.636. The van der Waals surface area contributed by atoms with Crippen molar-refractivity contribution >= 4 is 41.8 Å². The Morgan fingerprint density at radius 1 is 1.19 bits per heavy atom. The molecule has 2 fully saturated rings. The van der Waals surface area contributed by atoms with E-state index in [9.17, 15) is 9.59 Å². The third kappa shape index (κ3) is 4.65. The van der Waals surface area contributed by atoms with E-state index in [-0.39, 0.29) is 59.5 Å². The van der Waals surface area contributed by atoms with Gasteiger partial charge in [-0.15, -0.1) is 24.0 Å². The summed E-state index contributed by atoms with van der Waals surface area (Å²) in [6.45, 7) is 8.69. The lowest BCUT2D eigenvalue weighted by Gasteiger charge is -2.20. The van der Waals surface area contributed by atoms with Crippen LogP contribution in [0.4, 0.5) is 0 Å². The van der Waals surface area contributed by atoms with E-state index in [2.05, 4.69) is 52.8 Å². The molecule has 170 valence electrons. The molecule has 2 N–H and O–H groups in total. The lowest BCUT2D eigenvalue weighted by Crippen LogP contribution is -2.44. The second-order valence-electron chi connectivity index (χ2n) is 8.92. The van der Waals surface area contributed by atoms with Gasteiger partial charge in [-0.2, -0.15) is 5.10 Å². The molecule has 0 spiro atoms. The number of carbonyl (C=O) groups is 2. The van der Waals surface area contributed by atoms with Crippen molar-refractivity contribution < 1.29 is 9.59 Å². The van der Waals surface area contributed by atoms with Crippen LogP contribution in [0.2, 0.25) is 0 Å². The number of imide groups is 1. The Balaban J connectivity index is 0.00000272. The quantitative estimate of drug-likeness (QED) is 0.181. The number of aryl methyl sites for hydroxylation is 2. The average Bonchev–Trinajstić information content (AvgIpc) is 3.45. The fourth-order valence-electron chi connectivity index (χ4n) is 5.18. The molecular weight excluding hydrogens is 507 g/mol. The summed E-state index contributed by atoms with van der Waals surface area (Å²) in [5.41, 5.74) is 2.19. The molecule has 8 nitrogen and oxygen atoms in total. The van der Waals surface area contributed by atoms with Gasteiger partial charge in [0.25, 0.3) is 0 Å². The molecule has 5 atom stereocenters. The van der Waals surface area contributed by atoms with Crippen LogP contribution >= 0.6 is 24.0 Å². The highest BCUT2D eigenvalue weighted by molar-refractivity contribution is 14.0. The van der Waals surface area contributed by atoms with Crippen molar-refractivity contribution in [1.29, 1.82) is 0 Å². The van der Waals surface area contributed by atoms with Crippen molar-refractivity contribution in [2.75, 3.05) is 26.7 Å². The first kappa shape index (κ1) is 23.7. The highest BCUT2D eigenvalue weighted by atomic mass is 127. The van der Waals surface area contributed by atoms with Crippen molar-refractivity contribution in [2.45, 2.75) is 33.7 Å². The number of fused-ring (bicyclic) bond motifs is 5. The molecule has 2 aliphatic carbocycles. The van der Waals surface area contributed by atoms with E-state index in [0.717, 1.165) is 30.9 Å². The molecule has 2 bridgehead atoms. The Kier molecular flexibility index (Phi) is 7.43. The summed E-state index contributed by atoms with van der Waals surface area (Å²) in [5, 5.41) is 11.1. The highest BCUT2D eigenvalue weighted by Crippen LogP contribution is 2.52. The minimum absolute atomic E-state index is 0. The molecule has 1 aliphatic heterocycles. The van der Waals surface area contributed by atoms with E-state index in [1.165, 1.54) is 4.90 Å². The SMILES string of the molecule is CN=C(NCCN1C(=O)C2C3C=CC(C3)C2C1=O)NCC(C)Cn1nc(C)cc1C.I. The van der Waals surface area contributed by atoms with Crippen LogP contribution < -0.4 is 10.6 Å². The first-order valence-corrected chi connectivity index (χ1v) is 10.9. The third-order valence-corrected chi connectivity index (χ3v) is 6.62. The molecule has 1 saturated heterocycles. The second-order valence-corrected chi connectivity index (χ2v) is 8.92. The summed E-state index contributed by atoms with van der Waals surface area (Å²) < 4.78 is 2.03. The summed E-state index contributed by atoms with van der Waals surface area (Å²) in [4.78, 5) is 31.2. The molecule has 3 aliphatic rings. The highest BCUT2D eigenvalue weighted by Gasteiger charge is 2.58. The van der Waals surface area contributed by atoms with Crippen molar-refractivity contribution in [3.63, 3.8) is 0 Å². The van der Waals surface area contributed by atoms with Crippen LogP contribution in [0.5, 0.6) is 0 Å². The van der Waals surface area contributed by atoms with E-state index in [1.807, 2.05) is 11.6 Å². The molecule has 1 aromatic heterocycles. The number of nitrogens with zero attached hydrogens (tertiary/aromatic N) is 4. The van der Waals surface area contributed by atoms with Gasteiger partial charge < -0.3 is 10.6 Å². The van der Waals surface area contributed by atoms with Crippen LogP contribution in [0.25, 0.3) is 0 Å². The van der Waals surface area contributed by atoms with Crippen LogP contribution in [0.1, 0.15) is 24.7 Å². The molecule has 5 unspecified atom stereocenters. The third-order valence-electron chi connectivity index (χ3n) is 6.62. The van der Waals surface area contributed by atoms with Gasteiger partial charge in [-0.25, -0.2) is 0 Å². The Labute approximate surface area is 200 Å². The zero-order valence-electron chi connectivity index (χ0n) is 18.7. The maximum absolute atomic E-state index is 12.7. The zero-order valence-corrected chi connectivity index (χ0v) is 21.0. The number of halogens is 1. The van der Waals surface area contributed by atoms with Gasteiger partial charge >= 0.3 is 0 Å². The van der Waals surface area contributed by atoms with E-state index in [1.54, 1.807) is 7.05 Å². The maximum Gasteiger partial charge on any atom is 0.233 e. The summed E-state index contributed by atoms with van der Waals surface area (Å²) in [6.07, 6.45) is 5.21. The topological polar surface area (TPSA) is 91.6 Å². The predicted molar refractivity (Wildman–Crippen MR) is 130 cm³/mol. The van der Waals surface area contributed by atoms with Crippen LogP contribution in [0, 0.1) is 43.4 Å². The fourth-order valence-corrected chi connectivity index (χ4v) is 5.18. The van der Waals surface area contributed by atoms with Crippen molar-refractivity contribution in [3.05, 3.63) is 29.6 Å². The molecule has 2 heterocycles. The van der Waals surface area contributed by atoms with Gasteiger partial charge in [0.05, 0.1) is 17.5 Å².